The first-order valence-corrected chi connectivity index (χ1v) is 58.6. The van der Waals surface area contributed by atoms with Crippen molar-refractivity contribution >= 4 is 196 Å². The van der Waals surface area contributed by atoms with Crippen molar-refractivity contribution < 1.29 is 0 Å². The molecule has 0 N–H and O–H groups in total. The molecular weight excluding hydrogens is 2040 g/mol. The average molecular weight is 2210 g/mol. The third-order valence-corrected chi connectivity index (χ3v) is 33.8. The molecule has 0 aliphatic rings. The maximum atomic E-state index is 5.62. The van der Waals surface area contributed by atoms with Crippen molar-refractivity contribution in [3.05, 3.63) is 231 Å². The van der Waals surface area contributed by atoms with Crippen molar-refractivity contribution in [3.8, 4) is 0 Å². The van der Waals surface area contributed by atoms with Gasteiger partial charge < -0.3 is 45.7 Å². The second-order valence-corrected chi connectivity index (χ2v) is 42.8. The fourth-order valence-corrected chi connectivity index (χ4v) is 22.3. The monoisotopic (exact) mass is 2210 g/mol. The molecule has 0 aliphatic carbocycles. The van der Waals surface area contributed by atoms with E-state index in [9.17, 15) is 0 Å². The van der Waals surface area contributed by atoms with Crippen LogP contribution >= 0.6 is 61.1 Å². The van der Waals surface area contributed by atoms with Crippen LogP contribution < -0.4 is 0 Å². The fraction of sp³-hybridized carbons (Fsp3) is 0.525. The number of hydrogen-bond donors (Lipinski definition) is 0. The molecule has 16 rings (SSSR count). The minimum atomic E-state index is 0.858. The van der Waals surface area contributed by atoms with Gasteiger partial charge in [-0.1, -0.05) is 268 Å². The number of imidazole rings is 8. The summed E-state index contributed by atoms with van der Waals surface area (Å²) in [6, 6.07) is 67.7. The van der Waals surface area contributed by atoms with E-state index < -0.39 is 0 Å². The molecule has 0 radical (unpaired) electrons. The molecule has 8 aromatic heterocycles. The number of hydrogen-bond acceptors (Lipinski definition) is 5. The summed E-state index contributed by atoms with van der Waals surface area (Å²) in [6.07, 6.45) is 54.3. The third-order valence-electron chi connectivity index (χ3n) is 28.1. The van der Waals surface area contributed by atoms with Gasteiger partial charge in [0.2, 0.25) is 0 Å². The molecule has 24 heteroatoms. The zero-order valence-electron chi connectivity index (χ0n) is 89.4. The molecule has 0 spiro atoms. The molecule has 0 amide bonds. The van der Waals surface area contributed by atoms with Crippen molar-refractivity contribution in [3.63, 3.8) is 0 Å². The van der Waals surface area contributed by atoms with Gasteiger partial charge in [-0.25, -0.2) is 0 Å². The normalized spacial score (nSPS) is 11.2. The number of unbranched alkanes of at least 4 members (excludes halogenated alkanes) is 34. The van der Waals surface area contributed by atoms with Crippen LogP contribution in [0.4, 0.5) is 0 Å². The van der Waals surface area contributed by atoms with Gasteiger partial charge in [0.15, 0.2) is 23.9 Å². The number of aryl methyl sites for hydroxylation is 16. The summed E-state index contributed by atoms with van der Waals surface area (Å²) >= 11 is 36.8. The molecule has 8 aromatic carbocycles. The van der Waals surface area contributed by atoms with Gasteiger partial charge in [-0.05, 0) is 147 Å². The maximum absolute atomic E-state index is 5.62. The predicted molar refractivity (Wildman–Crippen MR) is 629 cm³/mol. The molecule has 0 bridgehead atoms. The summed E-state index contributed by atoms with van der Waals surface area (Å²) < 4.78 is 43.3. The molecule has 0 fully saturated rings. The molecule has 8 heterocycles. The van der Waals surface area contributed by atoms with E-state index in [1.807, 2.05) is 42.4 Å². The number of rotatable bonds is 46. The van der Waals surface area contributed by atoms with Gasteiger partial charge in [-0.3, -0.25) is 0 Å². The van der Waals surface area contributed by atoms with E-state index in [4.69, 9.17) is 61.1 Å². The molecular formula is C118H172N16S5Se3. The SMILES string of the molecule is CCCCCCCCCCCCCCCCn1c(=S)n(C)c2ccccc21.CCCCCCCCCCCCn1c(=S)n(C)c2ccccc21.CCCCCCCCn1c(=S)n(C)c2ccccc21.CCCCCCCCn1c(=[Se])n(C)c2ccccc21.CCCCn1c(=S)n(C)c2ccccc21.CCCCn1c(=[Se])n(C)c2ccccc21.Cn1c(=S)n(C)c2ccccc21.Cn1c(=[Se])n(C)c2ccccc21. The van der Waals surface area contributed by atoms with Crippen LogP contribution in [0.15, 0.2) is 194 Å². The zero-order valence-corrected chi connectivity index (χ0v) is 98.6. The molecule has 0 aliphatic heterocycles. The van der Waals surface area contributed by atoms with E-state index >= 15 is 0 Å². The first-order valence-electron chi connectivity index (χ1n) is 54.0. The van der Waals surface area contributed by atoms with E-state index in [2.05, 4.69) is 384 Å². The van der Waals surface area contributed by atoms with Crippen LogP contribution in [-0.4, -0.2) is 120 Å². The Hall–Kier alpha value is -7.82. The minimum absolute atomic E-state index is 0.858. The second-order valence-electron chi connectivity index (χ2n) is 38.7. The Bertz CT molecular complexity index is 6610. The number of fused-ring (bicyclic) bond motifs is 8. The van der Waals surface area contributed by atoms with Crippen molar-refractivity contribution in [2.75, 3.05) is 0 Å². The van der Waals surface area contributed by atoms with Crippen LogP contribution in [0.5, 0.6) is 0 Å². The van der Waals surface area contributed by atoms with Gasteiger partial charge in [-0.15, -0.1) is 0 Å². The molecule has 0 saturated carbocycles. The predicted octanol–water partition coefficient (Wildman–Crippen LogP) is 33.4. The molecule has 0 unspecified atom stereocenters. The van der Waals surface area contributed by atoms with E-state index in [1.54, 1.807) is 0 Å². The van der Waals surface area contributed by atoms with Gasteiger partial charge in [0, 0.05) is 68.5 Å². The Balaban J connectivity index is 0.000000183. The van der Waals surface area contributed by atoms with Crippen LogP contribution in [0.25, 0.3) is 88.3 Å². The number of benzene rings is 8. The van der Waals surface area contributed by atoms with Crippen molar-refractivity contribution in [2.45, 2.75) is 338 Å². The average Bonchev–Trinajstić information content (AvgIpc) is 1.64. The molecule has 16 aromatic rings. The van der Waals surface area contributed by atoms with Crippen LogP contribution in [0.2, 0.25) is 0 Å². The summed E-state index contributed by atoms with van der Waals surface area (Å²) in [6.45, 7) is 19.9. The van der Waals surface area contributed by atoms with Gasteiger partial charge in [0.05, 0.1) is 55.2 Å². The number of nitrogens with zero attached hydrogens (tertiary/aromatic N) is 16. The van der Waals surface area contributed by atoms with Crippen LogP contribution in [0.3, 0.4) is 0 Å². The van der Waals surface area contributed by atoms with Gasteiger partial charge in [0.1, 0.15) is 0 Å². The van der Waals surface area contributed by atoms with Gasteiger partial charge in [0.25, 0.3) is 0 Å². The number of aromatic nitrogens is 16. The fourth-order valence-electron chi connectivity index (χ4n) is 19.4. The first-order chi connectivity index (χ1) is 68.9. The topological polar surface area (TPSA) is 78.9 Å². The molecule has 142 heavy (non-hydrogen) atoms. The van der Waals surface area contributed by atoms with E-state index in [-0.39, 0.29) is 0 Å². The van der Waals surface area contributed by atoms with Crippen LogP contribution in [0.1, 0.15) is 298 Å². The Morgan fingerprint density at radius 1 is 0.148 bits per heavy atom. The van der Waals surface area contributed by atoms with E-state index in [1.165, 1.54) is 354 Å². The molecule has 772 valence electrons. The van der Waals surface area contributed by atoms with Gasteiger partial charge in [-0.2, -0.15) is 0 Å². The Kier molecular flexibility index (Phi) is 53.3. The van der Waals surface area contributed by atoms with Crippen molar-refractivity contribution in [1.82, 2.24) is 73.1 Å². The standard InChI is InChI=1S/C24H40N2S.C20H32N2S.C16H24N2S.C16H24N2Se.C12H16N2S.C12H16N2Se.C9H10N2S.C9H10N2Se/c1-3-4-5-6-7-8-9-10-11-12-13-14-15-18-21-26-23-20-17-16-19-22(23)25(2)24(26)27;1-3-4-5-6-7-8-9-10-11-14-17-22-19-16-13-12-15-18(19)21(2)20(22)23;2*1-3-4-5-6-7-10-13-18-15-12-9-8-11-14(15)17(2)16(18)19;2*1-3-4-9-14-11-8-6-5-7-10(11)13(2)12(14)15;2*1-10-7-5-3-4-6-8(7)11(2)9(10)12/h16-17,19-20H,3-15,18,21H2,1-2H3;12-13,15-16H,3-11,14,17H2,1-2H3;2*8-9,11-12H,3-7,10,13H2,1-2H3;2*5-8H,3-4,9H2,1-2H3;2*3-6H,1-2H3. The Morgan fingerprint density at radius 3 is 0.479 bits per heavy atom. The summed E-state index contributed by atoms with van der Waals surface area (Å²) in [4.78, 5) is 0. The molecule has 0 atom stereocenters. The number of para-hydroxylation sites is 16. The van der Waals surface area contributed by atoms with E-state index in [0.717, 1.165) is 67.4 Å². The summed E-state index contributed by atoms with van der Waals surface area (Å²) in [5.74, 6) is 0. The van der Waals surface area contributed by atoms with E-state index in [0.29, 0.717) is 0 Å². The van der Waals surface area contributed by atoms with Crippen molar-refractivity contribution in [2.24, 2.45) is 70.5 Å². The van der Waals surface area contributed by atoms with Crippen LogP contribution in [0, 0.1) is 36.8 Å². The first kappa shape index (κ1) is 118. The Morgan fingerprint density at radius 2 is 0.275 bits per heavy atom. The van der Waals surface area contributed by atoms with Crippen molar-refractivity contribution in [1.29, 1.82) is 0 Å². The van der Waals surface area contributed by atoms with Crippen LogP contribution in [-0.2, 0) is 110 Å². The third kappa shape index (κ3) is 33.6. The zero-order chi connectivity index (χ0) is 102. The Labute approximate surface area is 900 Å². The summed E-state index contributed by atoms with van der Waals surface area (Å²) in [7, 11) is 20.6. The molecule has 0 saturated heterocycles. The quantitative estimate of drug-likeness (QED) is 0.0216. The second kappa shape index (κ2) is 64.3. The van der Waals surface area contributed by atoms with Gasteiger partial charge >= 0.3 is 299 Å². The summed E-state index contributed by atoms with van der Waals surface area (Å²) in [5.41, 5.74) is 20.2. The molecule has 16 nitrogen and oxygen atoms in total. The summed E-state index contributed by atoms with van der Waals surface area (Å²) in [5, 5.41) is 0.